The van der Waals surface area contributed by atoms with Crippen molar-refractivity contribution in [1.29, 1.82) is 0 Å². The molecule has 0 bridgehead atoms. The van der Waals surface area contributed by atoms with Crippen LogP contribution in [0, 0.1) is 6.92 Å². The second kappa shape index (κ2) is 6.19. The molecule has 0 aliphatic carbocycles. The third kappa shape index (κ3) is 3.56. The molecule has 0 amide bonds. The van der Waals surface area contributed by atoms with Crippen molar-refractivity contribution >= 4 is 11.8 Å². The summed E-state index contributed by atoms with van der Waals surface area (Å²) in [4.78, 5) is 13.7. The number of hydrogen-bond acceptors (Lipinski definition) is 5. The molecule has 1 saturated heterocycles. The monoisotopic (exact) mass is 263 g/mol. The van der Waals surface area contributed by atoms with Gasteiger partial charge in [-0.15, -0.1) is 0 Å². The summed E-state index contributed by atoms with van der Waals surface area (Å²) in [6.45, 7) is 7.24. The number of anilines is 2. The number of nitrogens with one attached hydrogen (secondary N) is 1. The molecule has 1 aromatic rings. The van der Waals surface area contributed by atoms with E-state index in [1.54, 1.807) is 0 Å². The van der Waals surface area contributed by atoms with E-state index < -0.39 is 0 Å². The largest absolute Gasteiger partial charge is 0.355 e. The first kappa shape index (κ1) is 14.1. The summed E-state index contributed by atoms with van der Waals surface area (Å²) >= 11 is 0. The van der Waals surface area contributed by atoms with E-state index in [9.17, 15) is 0 Å². The summed E-state index contributed by atoms with van der Waals surface area (Å²) in [6, 6.07) is 2.61. The summed E-state index contributed by atoms with van der Waals surface area (Å²) in [7, 11) is 4.33. The lowest BCUT2D eigenvalue weighted by atomic mass is 10.1. The third-order valence-electron chi connectivity index (χ3n) is 3.68. The van der Waals surface area contributed by atoms with E-state index >= 15 is 0 Å². The van der Waals surface area contributed by atoms with Crippen molar-refractivity contribution in [1.82, 2.24) is 14.9 Å². The fraction of sp³-hybridized carbons (Fsp3) is 0.714. The molecule has 1 atom stereocenters. The Labute approximate surface area is 116 Å². The molecule has 1 unspecified atom stereocenters. The average Bonchev–Trinajstić information content (AvgIpc) is 2.37. The van der Waals surface area contributed by atoms with E-state index in [-0.39, 0.29) is 0 Å². The Morgan fingerprint density at radius 2 is 2.26 bits per heavy atom. The number of likely N-dealkylation sites (tertiary alicyclic amines) is 1. The zero-order valence-corrected chi connectivity index (χ0v) is 12.5. The van der Waals surface area contributed by atoms with E-state index in [4.69, 9.17) is 0 Å². The van der Waals surface area contributed by atoms with Gasteiger partial charge in [-0.3, -0.25) is 0 Å². The van der Waals surface area contributed by atoms with Crippen LogP contribution in [0.2, 0.25) is 0 Å². The van der Waals surface area contributed by atoms with E-state index in [1.165, 1.54) is 19.4 Å². The summed E-state index contributed by atoms with van der Waals surface area (Å²) in [5.41, 5.74) is 1.01. The molecule has 0 spiro atoms. The van der Waals surface area contributed by atoms with E-state index in [0.29, 0.717) is 6.04 Å². The first-order chi connectivity index (χ1) is 9.10. The van der Waals surface area contributed by atoms with Crippen molar-refractivity contribution in [3.63, 3.8) is 0 Å². The van der Waals surface area contributed by atoms with E-state index in [0.717, 1.165) is 30.5 Å². The summed E-state index contributed by atoms with van der Waals surface area (Å²) < 4.78 is 0. The highest BCUT2D eigenvalue weighted by molar-refractivity contribution is 5.45. The van der Waals surface area contributed by atoms with Crippen molar-refractivity contribution < 1.29 is 0 Å². The molecule has 2 heterocycles. The Morgan fingerprint density at radius 1 is 1.47 bits per heavy atom. The Hall–Kier alpha value is -1.36. The van der Waals surface area contributed by atoms with Gasteiger partial charge in [0.25, 0.3) is 0 Å². The van der Waals surface area contributed by atoms with Crippen LogP contribution < -0.4 is 10.2 Å². The van der Waals surface area contributed by atoms with Gasteiger partial charge in [-0.2, -0.15) is 4.98 Å². The lowest BCUT2D eigenvalue weighted by Crippen LogP contribution is -2.45. The maximum absolute atomic E-state index is 4.61. The van der Waals surface area contributed by atoms with Crippen LogP contribution in [0.4, 0.5) is 11.8 Å². The maximum Gasteiger partial charge on any atom is 0.224 e. The molecular formula is C14H25N5. The Kier molecular flexibility index (Phi) is 4.58. The van der Waals surface area contributed by atoms with Gasteiger partial charge in [-0.25, -0.2) is 4.98 Å². The number of aromatic nitrogens is 2. The average molecular weight is 263 g/mol. The van der Waals surface area contributed by atoms with Gasteiger partial charge < -0.3 is 15.1 Å². The fourth-order valence-electron chi connectivity index (χ4n) is 2.61. The lowest BCUT2D eigenvalue weighted by molar-refractivity contribution is 0.247. The van der Waals surface area contributed by atoms with Gasteiger partial charge >= 0.3 is 0 Å². The number of piperidine rings is 1. The van der Waals surface area contributed by atoms with Gasteiger partial charge in [0.05, 0.1) is 0 Å². The van der Waals surface area contributed by atoms with Crippen LogP contribution in [0.15, 0.2) is 6.07 Å². The number of likely N-dealkylation sites (N-methyl/N-ethyl adjacent to an activating group) is 2. The minimum absolute atomic E-state index is 0.544. The highest BCUT2D eigenvalue weighted by Gasteiger charge is 2.22. The molecule has 5 nitrogen and oxygen atoms in total. The molecule has 2 rings (SSSR count). The smallest absolute Gasteiger partial charge is 0.224 e. The lowest BCUT2D eigenvalue weighted by Gasteiger charge is -2.36. The summed E-state index contributed by atoms with van der Waals surface area (Å²) in [5, 5.41) is 3.20. The molecule has 1 fully saturated rings. The van der Waals surface area contributed by atoms with Gasteiger partial charge in [0.1, 0.15) is 5.82 Å². The molecule has 0 radical (unpaired) electrons. The van der Waals surface area contributed by atoms with Crippen LogP contribution in [0.5, 0.6) is 0 Å². The highest BCUT2D eigenvalue weighted by atomic mass is 15.3. The van der Waals surface area contributed by atoms with Crippen LogP contribution in [-0.4, -0.2) is 54.6 Å². The number of nitrogens with zero attached hydrogens (tertiary/aromatic N) is 4. The van der Waals surface area contributed by atoms with E-state index in [1.807, 2.05) is 6.92 Å². The van der Waals surface area contributed by atoms with Gasteiger partial charge in [0.2, 0.25) is 5.95 Å². The van der Waals surface area contributed by atoms with Crippen molar-refractivity contribution in [3.05, 3.63) is 11.8 Å². The SMILES string of the molecule is CCNc1nc(C)cc(N(C)C2CCCN(C)C2)n1. The fourth-order valence-corrected chi connectivity index (χ4v) is 2.61. The molecule has 1 N–H and O–H groups in total. The summed E-state index contributed by atoms with van der Waals surface area (Å²) in [6.07, 6.45) is 2.50. The highest BCUT2D eigenvalue weighted by Crippen LogP contribution is 2.20. The predicted molar refractivity (Wildman–Crippen MR) is 79.9 cm³/mol. The summed E-state index contributed by atoms with van der Waals surface area (Å²) in [5.74, 6) is 1.75. The molecule has 1 aliphatic rings. The van der Waals surface area contributed by atoms with Crippen LogP contribution in [-0.2, 0) is 0 Å². The second-order valence-electron chi connectivity index (χ2n) is 5.39. The molecule has 1 aliphatic heterocycles. The number of hydrogen-bond donors (Lipinski definition) is 1. The molecule has 0 aromatic carbocycles. The quantitative estimate of drug-likeness (QED) is 0.896. The Morgan fingerprint density at radius 3 is 2.95 bits per heavy atom. The molecular weight excluding hydrogens is 238 g/mol. The standard InChI is InChI=1S/C14H25N5/c1-5-15-14-16-11(2)9-13(17-14)19(4)12-7-6-8-18(3)10-12/h9,12H,5-8,10H2,1-4H3,(H,15,16,17). The van der Waals surface area contributed by atoms with Crippen LogP contribution in [0.3, 0.4) is 0 Å². The second-order valence-corrected chi connectivity index (χ2v) is 5.39. The molecule has 0 saturated carbocycles. The number of aryl methyl sites for hydroxylation is 1. The first-order valence-corrected chi connectivity index (χ1v) is 7.11. The van der Waals surface area contributed by atoms with Crippen molar-refractivity contribution in [2.45, 2.75) is 32.7 Å². The van der Waals surface area contributed by atoms with Crippen molar-refractivity contribution in [3.8, 4) is 0 Å². The minimum atomic E-state index is 0.544. The number of rotatable bonds is 4. The molecule has 5 heteroatoms. The predicted octanol–water partition coefficient (Wildman–Crippen LogP) is 1.75. The normalized spacial score (nSPS) is 20.3. The topological polar surface area (TPSA) is 44.3 Å². The van der Waals surface area contributed by atoms with Crippen LogP contribution in [0.25, 0.3) is 0 Å². The van der Waals surface area contributed by atoms with Gasteiger partial charge in [0.15, 0.2) is 0 Å². The van der Waals surface area contributed by atoms with Crippen LogP contribution in [0.1, 0.15) is 25.5 Å². The van der Waals surface area contributed by atoms with Gasteiger partial charge in [0, 0.05) is 37.9 Å². The molecule has 106 valence electrons. The van der Waals surface area contributed by atoms with Crippen molar-refractivity contribution in [2.75, 3.05) is 43.9 Å². The van der Waals surface area contributed by atoms with Gasteiger partial charge in [-0.05, 0) is 40.3 Å². The zero-order valence-electron chi connectivity index (χ0n) is 12.5. The Balaban J connectivity index is 2.15. The van der Waals surface area contributed by atoms with E-state index in [2.05, 4.69) is 52.2 Å². The third-order valence-corrected chi connectivity index (χ3v) is 3.68. The molecule has 1 aromatic heterocycles. The van der Waals surface area contributed by atoms with Crippen LogP contribution >= 0.6 is 0 Å². The van der Waals surface area contributed by atoms with Crippen molar-refractivity contribution in [2.24, 2.45) is 0 Å². The Bertz CT molecular complexity index is 420. The minimum Gasteiger partial charge on any atom is -0.355 e. The van der Waals surface area contributed by atoms with Gasteiger partial charge in [-0.1, -0.05) is 0 Å². The zero-order chi connectivity index (χ0) is 13.8. The maximum atomic E-state index is 4.61. The molecule has 19 heavy (non-hydrogen) atoms. The first-order valence-electron chi connectivity index (χ1n) is 7.11.